The number of carbonyl (C=O) groups excluding carboxylic acids is 1. The van der Waals surface area contributed by atoms with Gasteiger partial charge in [0.1, 0.15) is 18.1 Å². The summed E-state index contributed by atoms with van der Waals surface area (Å²) in [5, 5.41) is 15.5. The van der Waals surface area contributed by atoms with Crippen molar-refractivity contribution in [3.05, 3.63) is 78.5 Å². The van der Waals surface area contributed by atoms with E-state index in [0.717, 1.165) is 16.6 Å². The molecule has 0 bridgehead atoms. The van der Waals surface area contributed by atoms with E-state index in [1.807, 2.05) is 36.4 Å². The van der Waals surface area contributed by atoms with E-state index in [1.165, 1.54) is 12.2 Å². The van der Waals surface area contributed by atoms with Gasteiger partial charge in [-0.3, -0.25) is 0 Å². The maximum atomic E-state index is 10.9. The number of rotatable bonds is 7. The predicted molar refractivity (Wildman–Crippen MR) is 100 cm³/mol. The van der Waals surface area contributed by atoms with Gasteiger partial charge in [0.2, 0.25) is 0 Å². The molecule has 0 aliphatic rings. The number of allylic oxidation sites excluding steroid dienone is 1. The number of aromatic nitrogens is 1. The van der Waals surface area contributed by atoms with Crippen LogP contribution < -0.4 is 44.2 Å². The fourth-order valence-corrected chi connectivity index (χ4v) is 2.34. The minimum Gasteiger partial charge on any atom is -0.543 e. The molecule has 0 spiro atoms. The van der Waals surface area contributed by atoms with Gasteiger partial charge in [0.25, 0.3) is 0 Å². The molecule has 136 valence electrons. The number of oxime groups is 1. The largest absolute Gasteiger partial charge is 1.00 e. The summed E-state index contributed by atoms with van der Waals surface area (Å²) in [6.07, 6.45) is 2.83. The standard InChI is InChI=1S/C21H18N2O4.Na/c1-2-5-20(21(24)25)23-27-18-12-10-17(11-13-18)26-14-16-9-8-15-6-3-4-7-19(15)22-16;/h2-13H,14H2,1H3,(H,24,25);/q;+1/p-1. The maximum absolute atomic E-state index is 10.9. The van der Waals surface area contributed by atoms with E-state index in [4.69, 9.17) is 9.57 Å². The van der Waals surface area contributed by atoms with Crippen LogP contribution in [0.3, 0.4) is 0 Å². The van der Waals surface area contributed by atoms with Crippen LogP contribution in [0.1, 0.15) is 12.6 Å². The summed E-state index contributed by atoms with van der Waals surface area (Å²) >= 11 is 0. The number of hydrogen-bond donors (Lipinski definition) is 0. The van der Waals surface area contributed by atoms with Gasteiger partial charge in [0.15, 0.2) is 5.75 Å². The molecule has 0 aliphatic heterocycles. The van der Waals surface area contributed by atoms with Crippen LogP contribution in [0.25, 0.3) is 10.9 Å². The van der Waals surface area contributed by atoms with Gasteiger partial charge in [0.05, 0.1) is 17.2 Å². The number of carbonyl (C=O) groups is 1. The van der Waals surface area contributed by atoms with Crippen molar-refractivity contribution >= 4 is 22.6 Å². The van der Waals surface area contributed by atoms with Crippen LogP contribution in [0.5, 0.6) is 11.5 Å². The fourth-order valence-electron chi connectivity index (χ4n) is 2.34. The van der Waals surface area contributed by atoms with E-state index >= 15 is 0 Å². The van der Waals surface area contributed by atoms with Crippen LogP contribution >= 0.6 is 0 Å². The Balaban J connectivity index is 0.00000280. The van der Waals surface area contributed by atoms with E-state index in [0.29, 0.717) is 18.1 Å². The van der Waals surface area contributed by atoms with Gasteiger partial charge in [-0.1, -0.05) is 35.5 Å². The number of ether oxygens (including phenoxy) is 1. The minimum absolute atomic E-state index is 0. The van der Waals surface area contributed by atoms with Gasteiger partial charge in [-0.05, 0) is 49.4 Å². The molecule has 0 atom stereocenters. The van der Waals surface area contributed by atoms with E-state index in [2.05, 4.69) is 10.1 Å². The number of hydrogen-bond acceptors (Lipinski definition) is 6. The van der Waals surface area contributed by atoms with Gasteiger partial charge in [0, 0.05) is 5.39 Å². The molecular formula is C21H17N2NaO4. The molecule has 1 heterocycles. The molecular weight excluding hydrogens is 367 g/mol. The molecule has 0 N–H and O–H groups in total. The Morgan fingerprint density at radius 1 is 1.07 bits per heavy atom. The third kappa shape index (κ3) is 5.92. The number of benzene rings is 2. The van der Waals surface area contributed by atoms with Crippen molar-refractivity contribution in [3.63, 3.8) is 0 Å². The van der Waals surface area contributed by atoms with Crippen molar-refractivity contribution in [2.75, 3.05) is 0 Å². The first-order valence-electron chi connectivity index (χ1n) is 8.32. The summed E-state index contributed by atoms with van der Waals surface area (Å²) in [5.74, 6) is -0.389. The molecule has 3 aromatic rings. The number of para-hydroxylation sites is 1. The summed E-state index contributed by atoms with van der Waals surface area (Å²) in [7, 11) is 0. The third-order valence-corrected chi connectivity index (χ3v) is 3.65. The number of pyridine rings is 1. The van der Waals surface area contributed by atoms with Gasteiger partial charge in [-0.2, -0.15) is 0 Å². The second-order valence-electron chi connectivity index (χ2n) is 5.61. The van der Waals surface area contributed by atoms with Crippen molar-refractivity contribution in [3.8, 4) is 11.5 Å². The van der Waals surface area contributed by atoms with Crippen molar-refractivity contribution in [2.24, 2.45) is 5.16 Å². The summed E-state index contributed by atoms with van der Waals surface area (Å²) in [4.78, 5) is 20.5. The normalized spacial score (nSPS) is 11.2. The molecule has 2 aromatic carbocycles. The first-order valence-corrected chi connectivity index (χ1v) is 8.32. The third-order valence-electron chi connectivity index (χ3n) is 3.65. The Labute approximate surface area is 184 Å². The van der Waals surface area contributed by atoms with Gasteiger partial charge < -0.3 is 19.5 Å². The van der Waals surface area contributed by atoms with Crippen molar-refractivity contribution < 1.29 is 49.0 Å². The summed E-state index contributed by atoms with van der Waals surface area (Å²) in [6, 6.07) is 18.5. The number of carboxylic acid groups (broad SMARTS) is 1. The molecule has 0 radical (unpaired) electrons. The summed E-state index contributed by atoms with van der Waals surface area (Å²) < 4.78 is 5.73. The molecule has 1 aromatic heterocycles. The van der Waals surface area contributed by atoms with Crippen molar-refractivity contribution in [1.29, 1.82) is 0 Å². The molecule has 0 fully saturated rings. The Morgan fingerprint density at radius 2 is 1.79 bits per heavy atom. The molecule has 28 heavy (non-hydrogen) atoms. The molecule has 0 saturated carbocycles. The Hall–Kier alpha value is -2.67. The van der Waals surface area contributed by atoms with Crippen LogP contribution in [0, 0.1) is 0 Å². The molecule has 0 saturated heterocycles. The quantitative estimate of drug-likeness (QED) is 0.322. The summed E-state index contributed by atoms with van der Waals surface area (Å²) in [5.41, 5.74) is 1.45. The summed E-state index contributed by atoms with van der Waals surface area (Å²) in [6.45, 7) is 2.01. The molecule has 0 unspecified atom stereocenters. The van der Waals surface area contributed by atoms with Crippen molar-refractivity contribution in [2.45, 2.75) is 13.5 Å². The molecule has 3 rings (SSSR count). The average molecular weight is 384 g/mol. The van der Waals surface area contributed by atoms with Crippen molar-refractivity contribution in [1.82, 2.24) is 4.98 Å². The Bertz CT molecular complexity index is 1000. The first-order chi connectivity index (χ1) is 13.2. The number of fused-ring (bicyclic) bond motifs is 1. The predicted octanol–water partition coefficient (Wildman–Crippen LogP) is -0.121. The molecule has 6 nitrogen and oxygen atoms in total. The first kappa shape index (κ1) is 21.6. The zero-order valence-electron chi connectivity index (χ0n) is 15.7. The van der Waals surface area contributed by atoms with Crippen LogP contribution in [0.2, 0.25) is 0 Å². The van der Waals surface area contributed by atoms with E-state index in [-0.39, 0.29) is 35.3 Å². The van der Waals surface area contributed by atoms with E-state index in [9.17, 15) is 9.90 Å². The van der Waals surface area contributed by atoms with Gasteiger partial charge >= 0.3 is 29.6 Å². The number of carboxylic acids is 1. The minimum atomic E-state index is -1.41. The van der Waals surface area contributed by atoms with E-state index in [1.54, 1.807) is 31.2 Å². The zero-order valence-corrected chi connectivity index (χ0v) is 17.7. The second-order valence-corrected chi connectivity index (χ2v) is 5.61. The smallest absolute Gasteiger partial charge is 0.543 e. The Morgan fingerprint density at radius 3 is 2.50 bits per heavy atom. The topological polar surface area (TPSA) is 83.8 Å². The number of aliphatic carboxylic acids is 1. The van der Waals surface area contributed by atoms with Crippen LogP contribution in [0.4, 0.5) is 0 Å². The zero-order chi connectivity index (χ0) is 19.1. The molecule has 0 aliphatic carbocycles. The van der Waals surface area contributed by atoms with Gasteiger partial charge in [-0.15, -0.1) is 0 Å². The fraction of sp³-hybridized carbons (Fsp3) is 0.0952. The monoisotopic (exact) mass is 384 g/mol. The van der Waals surface area contributed by atoms with Crippen LogP contribution in [-0.2, 0) is 11.4 Å². The van der Waals surface area contributed by atoms with Crippen LogP contribution in [0.15, 0.2) is 78.0 Å². The maximum Gasteiger partial charge on any atom is 1.00 e. The SMILES string of the molecule is CC=CC(=NOc1ccc(OCc2ccc3ccccc3n2)cc1)C(=O)[O-].[Na+]. The van der Waals surface area contributed by atoms with E-state index < -0.39 is 5.97 Å². The molecule has 0 amide bonds. The average Bonchev–Trinajstić information content (AvgIpc) is 2.70. The Kier molecular flexibility index (Phi) is 8.19. The number of nitrogens with zero attached hydrogens (tertiary/aromatic N) is 2. The molecule has 7 heteroatoms. The second kappa shape index (κ2) is 10.6. The van der Waals surface area contributed by atoms with Crippen LogP contribution in [-0.4, -0.2) is 16.7 Å². The van der Waals surface area contributed by atoms with Gasteiger partial charge in [-0.25, -0.2) is 4.98 Å².